The van der Waals surface area contributed by atoms with Crippen LogP contribution in [-0.2, 0) is 0 Å². The third-order valence-corrected chi connectivity index (χ3v) is 2.62. The molecule has 0 bridgehead atoms. The van der Waals surface area contributed by atoms with Gasteiger partial charge in [-0.2, -0.15) is 4.98 Å². The highest BCUT2D eigenvalue weighted by molar-refractivity contribution is 9.10. The second kappa shape index (κ2) is 4.31. The Bertz CT molecular complexity index is 513. The maximum atomic E-state index is 13.0. The summed E-state index contributed by atoms with van der Waals surface area (Å²) in [5, 5.41) is 3.77. The van der Waals surface area contributed by atoms with Gasteiger partial charge in [-0.05, 0) is 41.1 Å². The highest BCUT2D eigenvalue weighted by Gasteiger charge is 2.12. The fraction of sp³-hybridized carbons (Fsp3) is 0.200. The number of hydrogen-bond acceptors (Lipinski definition) is 4. The van der Waals surface area contributed by atoms with Crippen LogP contribution in [0, 0.1) is 5.82 Å². The zero-order valence-electron chi connectivity index (χ0n) is 8.45. The Morgan fingerprint density at radius 2 is 2.25 bits per heavy atom. The maximum Gasteiger partial charge on any atom is 0.243 e. The van der Waals surface area contributed by atoms with Crippen LogP contribution in [0.2, 0.25) is 0 Å². The van der Waals surface area contributed by atoms with Gasteiger partial charge in [0, 0.05) is 5.56 Å². The van der Waals surface area contributed by atoms with Gasteiger partial charge < -0.3 is 10.3 Å². The molecule has 0 radical (unpaired) electrons. The second-order valence-corrected chi connectivity index (χ2v) is 4.23. The van der Waals surface area contributed by atoms with Crippen molar-refractivity contribution in [3.05, 3.63) is 34.4 Å². The molecule has 0 fully saturated rings. The van der Waals surface area contributed by atoms with Crippen LogP contribution in [0.4, 0.5) is 4.39 Å². The van der Waals surface area contributed by atoms with E-state index in [2.05, 4.69) is 26.1 Å². The molecule has 84 valence electrons. The molecule has 1 heterocycles. The molecule has 4 nitrogen and oxygen atoms in total. The van der Waals surface area contributed by atoms with Crippen molar-refractivity contribution in [1.82, 2.24) is 10.1 Å². The van der Waals surface area contributed by atoms with Crippen molar-refractivity contribution in [3.8, 4) is 11.4 Å². The second-order valence-electron chi connectivity index (χ2n) is 3.37. The Hall–Kier alpha value is -1.27. The fourth-order valence-electron chi connectivity index (χ4n) is 1.17. The average Bonchev–Trinajstić information content (AvgIpc) is 2.71. The predicted octanol–water partition coefficient (Wildman–Crippen LogP) is 2.66. The molecule has 2 rings (SSSR count). The number of halogens is 2. The van der Waals surface area contributed by atoms with Gasteiger partial charge in [0.1, 0.15) is 5.82 Å². The fourth-order valence-corrected chi connectivity index (χ4v) is 1.55. The third-order valence-electron chi connectivity index (χ3n) is 2.01. The van der Waals surface area contributed by atoms with E-state index >= 15 is 0 Å². The largest absolute Gasteiger partial charge is 0.337 e. The first-order valence-corrected chi connectivity index (χ1v) is 5.42. The minimum Gasteiger partial charge on any atom is -0.337 e. The van der Waals surface area contributed by atoms with Crippen LogP contribution >= 0.6 is 15.9 Å². The van der Waals surface area contributed by atoms with Crippen molar-refractivity contribution in [1.29, 1.82) is 0 Å². The molecule has 0 spiro atoms. The summed E-state index contributed by atoms with van der Waals surface area (Å²) in [4.78, 5) is 4.10. The predicted molar refractivity (Wildman–Crippen MR) is 60.0 cm³/mol. The standard InChI is InChI=1S/C10H9BrFN3O/c1-5(13)10-14-9(15-16-10)6-2-3-8(12)7(11)4-6/h2-5H,13H2,1H3. The van der Waals surface area contributed by atoms with Crippen molar-refractivity contribution in [3.63, 3.8) is 0 Å². The van der Waals surface area contributed by atoms with E-state index in [4.69, 9.17) is 10.3 Å². The normalized spacial score (nSPS) is 12.8. The van der Waals surface area contributed by atoms with Crippen LogP contribution in [0.15, 0.2) is 27.2 Å². The quantitative estimate of drug-likeness (QED) is 0.921. The Morgan fingerprint density at radius 1 is 1.50 bits per heavy atom. The van der Waals surface area contributed by atoms with Gasteiger partial charge in [-0.1, -0.05) is 5.16 Å². The Labute approximate surface area is 99.8 Å². The zero-order valence-corrected chi connectivity index (χ0v) is 10.0. The van der Waals surface area contributed by atoms with Crippen molar-refractivity contribution >= 4 is 15.9 Å². The van der Waals surface area contributed by atoms with E-state index < -0.39 is 0 Å². The molecule has 0 aliphatic rings. The van der Waals surface area contributed by atoms with E-state index in [0.29, 0.717) is 21.8 Å². The number of rotatable bonds is 2. The van der Waals surface area contributed by atoms with Crippen LogP contribution in [0.1, 0.15) is 18.9 Å². The molecule has 1 atom stereocenters. The van der Waals surface area contributed by atoms with Gasteiger partial charge in [0.05, 0.1) is 10.5 Å². The Kier molecular flexibility index (Phi) is 3.02. The van der Waals surface area contributed by atoms with E-state index in [0.717, 1.165) is 0 Å². The molecule has 16 heavy (non-hydrogen) atoms. The lowest BCUT2D eigenvalue weighted by atomic mass is 10.2. The summed E-state index contributed by atoms with van der Waals surface area (Å²) in [5.74, 6) is 0.420. The van der Waals surface area contributed by atoms with Crippen LogP contribution < -0.4 is 5.73 Å². The molecule has 0 saturated carbocycles. The van der Waals surface area contributed by atoms with Gasteiger partial charge in [0.15, 0.2) is 0 Å². The molecule has 0 amide bonds. The lowest BCUT2D eigenvalue weighted by molar-refractivity contribution is 0.362. The summed E-state index contributed by atoms with van der Waals surface area (Å²) in [6.07, 6.45) is 0. The minimum absolute atomic E-state index is 0.315. The van der Waals surface area contributed by atoms with Gasteiger partial charge in [-0.15, -0.1) is 0 Å². The van der Waals surface area contributed by atoms with Gasteiger partial charge >= 0.3 is 0 Å². The van der Waals surface area contributed by atoms with Gasteiger partial charge in [-0.3, -0.25) is 0 Å². The summed E-state index contributed by atoms with van der Waals surface area (Å²) >= 11 is 3.09. The zero-order chi connectivity index (χ0) is 11.7. The van der Waals surface area contributed by atoms with Gasteiger partial charge in [0.25, 0.3) is 0 Å². The van der Waals surface area contributed by atoms with E-state index in [9.17, 15) is 4.39 Å². The number of nitrogens with zero attached hydrogens (tertiary/aromatic N) is 2. The molecule has 2 aromatic rings. The summed E-state index contributed by atoms with van der Waals surface area (Å²) in [6, 6.07) is 4.19. The highest BCUT2D eigenvalue weighted by Crippen LogP contribution is 2.23. The van der Waals surface area contributed by atoms with E-state index in [1.165, 1.54) is 6.07 Å². The van der Waals surface area contributed by atoms with Crippen molar-refractivity contribution in [2.45, 2.75) is 13.0 Å². The summed E-state index contributed by atoms with van der Waals surface area (Å²) < 4.78 is 18.3. The summed E-state index contributed by atoms with van der Waals surface area (Å²) in [5.41, 5.74) is 6.26. The van der Waals surface area contributed by atoms with E-state index in [-0.39, 0.29) is 11.9 Å². The van der Waals surface area contributed by atoms with Crippen LogP contribution in [-0.4, -0.2) is 10.1 Å². The Balaban J connectivity index is 2.39. The summed E-state index contributed by atoms with van der Waals surface area (Å²) in [6.45, 7) is 1.75. The summed E-state index contributed by atoms with van der Waals surface area (Å²) in [7, 11) is 0. The Morgan fingerprint density at radius 3 is 2.81 bits per heavy atom. The molecule has 1 unspecified atom stereocenters. The molecule has 0 aliphatic heterocycles. The number of nitrogens with two attached hydrogens (primary N) is 1. The molecule has 2 N–H and O–H groups in total. The lowest BCUT2D eigenvalue weighted by Crippen LogP contribution is -2.04. The first-order chi connectivity index (χ1) is 7.58. The van der Waals surface area contributed by atoms with Crippen molar-refractivity contribution in [2.75, 3.05) is 0 Å². The molecular formula is C10H9BrFN3O. The SMILES string of the molecule is CC(N)c1nc(-c2ccc(F)c(Br)c2)no1. The highest BCUT2D eigenvalue weighted by atomic mass is 79.9. The number of aromatic nitrogens is 2. The monoisotopic (exact) mass is 285 g/mol. The smallest absolute Gasteiger partial charge is 0.243 e. The molecule has 6 heteroatoms. The van der Waals surface area contributed by atoms with Crippen molar-refractivity contribution < 1.29 is 8.91 Å². The maximum absolute atomic E-state index is 13.0. The third kappa shape index (κ3) is 2.12. The van der Waals surface area contributed by atoms with Gasteiger partial charge in [-0.25, -0.2) is 4.39 Å². The molecule has 0 saturated heterocycles. The van der Waals surface area contributed by atoms with Crippen LogP contribution in [0.3, 0.4) is 0 Å². The number of benzene rings is 1. The lowest BCUT2D eigenvalue weighted by Gasteiger charge is -1.97. The topological polar surface area (TPSA) is 64.9 Å². The van der Waals surface area contributed by atoms with Crippen LogP contribution in [0.5, 0.6) is 0 Å². The van der Waals surface area contributed by atoms with E-state index in [1.54, 1.807) is 19.1 Å². The first kappa shape index (κ1) is 11.2. The van der Waals surface area contributed by atoms with E-state index in [1.807, 2.05) is 0 Å². The first-order valence-electron chi connectivity index (χ1n) is 4.62. The van der Waals surface area contributed by atoms with Crippen LogP contribution in [0.25, 0.3) is 11.4 Å². The molecule has 0 aliphatic carbocycles. The molecule has 1 aromatic carbocycles. The molecular weight excluding hydrogens is 277 g/mol. The average molecular weight is 286 g/mol. The number of hydrogen-bond donors (Lipinski definition) is 1. The van der Waals surface area contributed by atoms with Gasteiger partial charge in [0.2, 0.25) is 11.7 Å². The minimum atomic E-state index is -0.334. The molecule has 1 aromatic heterocycles. The van der Waals surface area contributed by atoms with Crippen molar-refractivity contribution in [2.24, 2.45) is 5.73 Å².